The van der Waals surface area contributed by atoms with Gasteiger partial charge in [-0.05, 0) is 12.8 Å². The van der Waals surface area contributed by atoms with Gasteiger partial charge in [0.05, 0.1) is 0 Å². The Morgan fingerprint density at radius 2 is 1.67 bits per heavy atom. The number of aryl methyl sites for hydroxylation is 1. The van der Waals surface area contributed by atoms with Gasteiger partial charge in [-0.15, -0.1) is 0 Å². The number of Topliss-reactive ketones (excluding diaryl/α,β-unsaturated/α-hetero) is 1. The third-order valence-corrected chi connectivity index (χ3v) is 4.49. The zero-order valence-electron chi connectivity index (χ0n) is 14.3. The van der Waals surface area contributed by atoms with E-state index in [9.17, 15) is 4.79 Å². The van der Waals surface area contributed by atoms with Gasteiger partial charge in [-0.1, -0.05) is 65.7 Å². The van der Waals surface area contributed by atoms with E-state index in [4.69, 9.17) is 0 Å². The van der Waals surface area contributed by atoms with Crippen molar-refractivity contribution in [3.8, 4) is 0 Å². The van der Waals surface area contributed by atoms with Crippen LogP contribution in [-0.2, 0) is 7.05 Å². The van der Waals surface area contributed by atoms with Crippen molar-refractivity contribution in [2.24, 2.45) is 12.5 Å². The lowest BCUT2D eigenvalue weighted by Crippen LogP contribution is -2.30. The van der Waals surface area contributed by atoms with Crippen LogP contribution in [0.5, 0.6) is 0 Å². The van der Waals surface area contributed by atoms with Crippen LogP contribution in [0.4, 0.5) is 0 Å². The largest absolute Gasteiger partial charge is 0.332 e. The van der Waals surface area contributed by atoms with Gasteiger partial charge in [0, 0.05) is 24.9 Å². The molecule has 0 aromatic carbocycles. The number of hydrogen-bond donors (Lipinski definition) is 0. The smallest absolute Gasteiger partial charge is 0.204 e. The summed E-state index contributed by atoms with van der Waals surface area (Å²) in [5.41, 5.74) is -0.248. The number of carbonyl (C=O) groups excluding carboxylic acids is 1. The number of rotatable bonds is 11. The van der Waals surface area contributed by atoms with Crippen molar-refractivity contribution in [2.45, 2.75) is 78.6 Å². The third-order valence-electron chi connectivity index (χ3n) is 4.49. The Balaban J connectivity index is 2.74. The van der Waals surface area contributed by atoms with Crippen molar-refractivity contribution in [2.75, 3.05) is 0 Å². The minimum atomic E-state index is -0.248. The van der Waals surface area contributed by atoms with Gasteiger partial charge in [0.15, 0.2) is 5.82 Å². The average Bonchev–Trinajstić information content (AvgIpc) is 2.89. The van der Waals surface area contributed by atoms with E-state index in [0.717, 1.165) is 25.7 Å². The van der Waals surface area contributed by atoms with Gasteiger partial charge in [-0.2, -0.15) is 0 Å². The Hall–Kier alpha value is -1.12. The molecule has 1 heterocycles. The Kier molecular flexibility index (Phi) is 7.69. The van der Waals surface area contributed by atoms with Gasteiger partial charge in [0.2, 0.25) is 5.78 Å². The van der Waals surface area contributed by atoms with Crippen LogP contribution in [0.15, 0.2) is 12.4 Å². The summed E-state index contributed by atoms with van der Waals surface area (Å²) in [6.07, 6.45) is 14.0. The topological polar surface area (TPSA) is 34.9 Å². The third kappa shape index (κ3) is 5.29. The molecule has 1 unspecified atom stereocenters. The highest BCUT2D eigenvalue weighted by Crippen LogP contribution is 2.34. The minimum absolute atomic E-state index is 0.225. The molecule has 0 N–H and O–H groups in total. The first-order valence-electron chi connectivity index (χ1n) is 8.57. The van der Waals surface area contributed by atoms with Gasteiger partial charge in [-0.3, -0.25) is 4.79 Å². The van der Waals surface area contributed by atoms with E-state index >= 15 is 0 Å². The van der Waals surface area contributed by atoms with Gasteiger partial charge in [-0.25, -0.2) is 4.98 Å². The first-order valence-corrected chi connectivity index (χ1v) is 8.57. The molecule has 0 amide bonds. The second-order valence-corrected chi connectivity index (χ2v) is 6.52. The molecule has 1 aromatic rings. The summed E-state index contributed by atoms with van der Waals surface area (Å²) in [5, 5.41) is 0. The molecular formula is C18H32N2O. The number of ketones is 1. The Morgan fingerprint density at radius 1 is 1.10 bits per heavy atom. The maximum atomic E-state index is 12.9. The van der Waals surface area contributed by atoms with Gasteiger partial charge in [0.1, 0.15) is 0 Å². The molecule has 0 fully saturated rings. The van der Waals surface area contributed by atoms with Crippen molar-refractivity contribution < 1.29 is 4.79 Å². The van der Waals surface area contributed by atoms with E-state index in [2.05, 4.69) is 25.8 Å². The maximum Gasteiger partial charge on any atom is 0.204 e. The monoisotopic (exact) mass is 292 g/mol. The molecule has 21 heavy (non-hydrogen) atoms. The molecule has 0 saturated carbocycles. The number of hydrogen-bond acceptors (Lipinski definition) is 2. The molecule has 3 heteroatoms. The molecule has 1 aromatic heterocycles. The Bertz CT molecular complexity index is 425. The molecular weight excluding hydrogens is 260 g/mol. The second-order valence-electron chi connectivity index (χ2n) is 6.52. The molecule has 0 aliphatic heterocycles. The summed E-state index contributed by atoms with van der Waals surface area (Å²) < 4.78 is 1.85. The fourth-order valence-corrected chi connectivity index (χ4v) is 2.91. The highest BCUT2D eigenvalue weighted by Gasteiger charge is 2.34. The van der Waals surface area contributed by atoms with Crippen LogP contribution in [-0.4, -0.2) is 15.3 Å². The van der Waals surface area contributed by atoms with E-state index < -0.39 is 0 Å². The predicted octanol–water partition coefficient (Wildman–Crippen LogP) is 5.16. The molecule has 1 atom stereocenters. The number of unbranched alkanes of at least 4 members (excludes halogenated alkanes) is 5. The van der Waals surface area contributed by atoms with E-state index in [1.54, 1.807) is 6.20 Å². The molecule has 3 nitrogen and oxygen atoms in total. The van der Waals surface area contributed by atoms with Crippen molar-refractivity contribution >= 4 is 5.78 Å². The zero-order chi connectivity index (χ0) is 15.7. The van der Waals surface area contributed by atoms with Crippen LogP contribution in [0.1, 0.15) is 89.2 Å². The van der Waals surface area contributed by atoms with Crippen LogP contribution in [0, 0.1) is 5.41 Å². The van der Waals surface area contributed by atoms with Crippen molar-refractivity contribution in [1.82, 2.24) is 9.55 Å². The first kappa shape index (κ1) is 17.9. The molecule has 1 rings (SSSR count). The minimum Gasteiger partial charge on any atom is -0.332 e. The standard InChI is InChI=1S/C18H32N2O/c1-5-7-9-11-13-18(3,12-10-8-6-2)16(21)17-19-14-15-20(17)4/h14-15H,5-13H2,1-4H3. The van der Waals surface area contributed by atoms with Gasteiger partial charge < -0.3 is 4.57 Å². The van der Waals surface area contributed by atoms with Crippen LogP contribution in [0.3, 0.4) is 0 Å². The summed E-state index contributed by atoms with van der Waals surface area (Å²) in [6, 6.07) is 0. The normalized spacial score (nSPS) is 14.1. The number of carbonyl (C=O) groups is 1. The van der Waals surface area contributed by atoms with Gasteiger partial charge >= 0.3 is 0 Å². The maximum absolute atomic E-state index is 12.9. The molecule has 0 spiro atoms. The van der Waals surface area contributed by atoms with E-state index in [0.29, 0.717) is 5.82 Å². The number of nitrogens with zero attached hydrogens (tertiary/aromatic N) is 2. The van der Waals surface area contributed by atoms with Crippen LogP contribution >= 0.6 is 0 Å². The SMILES string of the molecule is CCCCCCC(C)(CCCCC)C(=O)c1nccn1C. The lowest BCUT2D eigenvalue weighted by Gasteiger charge is -2.28. The van der Waals surface area contributed by atoms with E-state index in [1.807, 2.05) is 17.8 Å². The van der Waals surface area contributed by atoms with Crippen LogP contribution < -0.4 is 0 Å². The molecule has 0 aliphatic rings. The lowest BCUT2D eigenvalue weighted by molar-refractivity contribution is 0.0762. The van der Waals surface area contributed by atoms with Crippen LogP contribution in [0.2, 0.25) is 0 Å². The van der Waals surface area contributed by atoms with Crippen molar-refractivity contribution in [3.63, 3.8) is 0 Å². The van der Waals surface area contributed by atoms with Crippen LogP contribution in [0.25, 0.3) is 0 Å². The summed E-state index contributed by atoms with van der Waals surface area (Å²) in [4.78, 5) is 17.2. The van der Waals surface area contributed by atoms with Crippen molar-refractivity contribution in [3.05, 3.63) is 18.2 Å². The fraction of sp³-hybridized carbons (Fsp3) is 0.778. The summed E-state index contributed by atoms with van der Waals surface area (Å²) in [6.45, 7) is 6.57. The van der Waals surface area contributed by atoms with E-state index in [-0.39, 0.29) is 11.2 Å². The summed E-state index contributed by atoms with van der Waals surface area (Å²) >= 11 is 0. The van der Waals surface area contributed by atoms with Gasteiger partial charge in [0.25, 0.3) is 0 Å². The van der Waals surface area contributed by atoms with Crippen molar-refractivity contribution in [1.29, 1.82) is 0 Å². The number of imidazole rings is 1. The summed E-state index contributed by atoms with van der Waals surface area (Å²) in [5.74, 6) is 0.840. The molecule has 0 saturated heterocycles. The zero-order valence-corrected chi connectivity index (χ0v) is 14.3. The lowest BCUT2D eigenvalue weighted by atomic mass is 9.76. The Morgan fingerprint density at radius 3 is 2.19 bits per heavy atom. The second kappa shape index (κ2) is 9.01. The molecule has 0 bridgehead atoms. The quantitative estimate of drug-likeness (QED) is 0.417. The highest BCUT2D eigenvalue weighted by atomic mass is 16.1. The van der Waals surface area contributed by atoms with E-state index in [1.165, 1.54) is 32.1 Å². The fourth-order valence-electron chi connectivity index (χ4n) is 2.91. The average molecular weight is 292 g/mol. The Labute approximate surface area is 130 Å². The molecule has 0 radical (unpaired) electrons. The highest BCUT2D eigenvalue weighted by molar-refractivity contribution is 5.97. The predicted molar refractivity (Wildman–Crippen MR) is 88.5 cm³/mol. The molecule has 0 aliphatic carbocycles. The molecule has 120 valence electrons. The first-order chi connectivity index (χ1) is 10.0. The summed E-state index contributed by atoms with van der Waals surface area (Å²) in [7, 11) is 1.91. The number of aromatic nitrogens is 2.